The molecule has 0 spiro atoms. The maximum Gasteiger partial charge on any atom is 0.308 e. The number of amides is 1. The number of esters is 1. The lowest BCUT2D eigenvalue weighted by Crippen LogP contribution is -2.31. The minimum absolute atomic E-state index is 0.0230. The molecule has 2 aromatic carbocycles. The molecule has 0 heterocycles. The van der Waals surface area contributed by atoms with Gasteiger partial charge in [0.25, 0.3) is 5.91 Å². The van der Waals surface area contributed by atoms with Gasteiger partial charge < -0.3 is 10.1 Å². The number of carbonyl (C=O) groups excluding carboxylic acids is 2. The van der Waals surface area contributed by atoms with E-state index in [1.165, 1.54) is 0 Å². The highest BCUT2D eigenvalue weighted by molar-refractivity contribution is 6.31. The van der Waals surface area contributed by atoms with E-state index >= 15 is 0 Å². The van der Waals surface area contributed by atoms with E-state index in [0.29, 0.717) is 22.8 Å². The molecule has 0 aliphatic rings. The molecule has 0 bridgehead atoms. The number of hydrogen-bond donors (Lipinski definition) is 1. The van der Waals surface area contributed by atoms with Crippen molar-refractivity contribution in [2.24, 2.45) is 0 Å². The van der Waals surface area contributed by atoms with Crippen LogP contribution in [0.25, 0.3) is 0 Å². The summed E-state index contributed by atoms with van der Waals surface area (Å²) in [5.74, 6) is -0.630. The van der Waals surface area contributed by atoms with Crippen molar-refractivity contribution in [1.82, 2.24) is 5.32 Å². The Balaban J connectivity index is 2.26. The zero-order valence-corrected chi connectivity index (χ0v) is 14.5. The van der Waals surface area contributed by atoms with E-state index in [-0.39, 0.29) is 18.3 Å². The zero-order chi connectivity index (χ0) is 17.5. The number of aryl methyl sites for hydroxylation is 1. The van der Waals surface area contributed by atoms with Gasteiger partial charge in [-0.05, 0) is 37.1 Å². The molecule has 24 heavy (non-hydrogen) atoms. The van der Waals surface area contributed by atoms with Crippen molar-refractivity contribution in [1.29, 1.82) is 0 Å². The number of nitrogens with one attached hydrogen (secondary N) is 1. The fraction of sp³-hybridized carbons (Fsp3) is 0.263. The first-order chi connectivity index (χ1) is 11.5. The van der Waals surface area contributed by atoms with E-state index in [9.17, 15) is 9.59 Å². The summed E-state index contributed by atoms with van der Waals surface area (Å²) in [5.41, 5.74) is 2.12. The van der Waals surface area contributed by atoms with Gasteiger partial charge in [0.1, 0.15) is 0 Å². The van der Waals surface area contributed by atoms with E-state index in [1.54, 1.807) is 37.3 Å². The average molecular weight is 346 g/mol. The lowest BCUT2D eigenvalue weighted by Gasteiger charge is -2.20. The summed E-state index contributed by atoms with van der Waals surface area (Å²) in [6.07, 6.45) is 0.0230. The van der Waals surface area contributed by atoms with Crippen molar-refractivity contribution < 1.29 is 14.3 Å². The molecule has 2 rings (SSSR count). The first-order valence-corrected chi connectivity index (χ1v) is 8.17. The second-order valence-electron chi connectivity index (χ2n) is 5.37. The van der Waals surface area contributed by atoms with Crippen molar-refractivity contribution in [3.05, 3.63) is 70.2 Å². The third-order valence-electron chi connectivity index (χ3n) is 3.65. The predicted octanol–water partition coefficient (Wildman–Crippen LogP) is 4.07. The molecular formula is C19H20ClNO3. The molecule has 0 unspecified atom stereocenters. The van der Waals surface area contributed by atoms with E-state index in [2.05, 4.69) is 5.32 Å². The van der Waals surface area contributed by atoms with Crippen LogP contribution in [0.3, 0.4) is 0 Å². The van der Waals surface area contributed by atoms with Gasteiger partial charge in [-0.25, -0.2) is 0 Å². The second-order valence-corrected chi connectivity index (χ2v) is 5.78. The highest BCUT2D eigenvalue weighted by Gasteiger charge is 2.22. The SMILES string of the molecule is CCOC(=O)C[C@@H](NC(=O)c1ccccc1C)c1ccccc1Cl. The third kappa shape index (κ3) is 4.59. The van der Waals surface area contributed by atoms with E-state index in [4.69, 9.17) is 16.3 Å². The summed E-state index contributed by atoms with van der Waals surface area (Å²) >= 11 is 6.24. The summed E-state index contributed by atoms with van der Waals surface area (Å²) in [5, 5.41) is 3.39. The highest BCUT2D eigenvalue weighted by atomic mass is 35.5. The van der Waals surface area contributed by atoms with E-state index in [0.717, 1.165) is 5.56 Å². The Hall–Kier alpha value is -2.33. The number of hydrogen-bond acceptors (Lipinski definition) is 3. The number of ether oxygens (including phenoxy) is 1. The monoisotopic (exact) mass is 345 g/mol. The Morgan fingerprint density at radius 3 is 2.46 bits per heavy atom. The van der Waals surface area contributed by atoms with Crippen LogP contribution in [-0.4, -0.2) is 18.5 Å². The van der Waals surface area contributed by atoms with Crippen molar-refractivity contribution in [3.63, 3.8) is 0 Å². The van der Waals surface area contributed by atoms with Crippen LogP contribution in [0.2, 0.25) is 5.02 Å². The predicted molar refractivity (Wildman–Crippen MR) is 94.1 cm³/mol. The zero-order valence-electron chi connectivity index (χ0n) is 13.7. The molecule has 2 aromatic rings. The Kier molecular flexibility index (Phi) is 6.38. The molecule has 0 aliphatic carbocycles. The Labute approximate surface area is 146 Å². The molecule has 1 amide bonds. The van der Waals surface area contributed by atoms with Gasteiger partial charge in [0.05, 0.1) is 19.1 Å². The number of carbonyl (C=O) groups is 2. The van der Waals surface area contributed by atoms with E-state index < -0.39 is 6.04 Å². The van der Waals surface area contributed by atoms with Crippen LogP contribution in [0, 0.1) is 6.92 Å². The maximum atomic E-state index is 12.6. The number of halogens is 1. The van der Waals surface area contributed by atoms with Crippen LogP contribution in [0.5, 0.6) is 0 Å². The van der Waals surface area contributed by atoms with Crippen molar-refractivity contribution in [2.75, 3.05) is 6.61 Å². The normalized spacial score (nSPS) is 11.6. The van der Waals surface area contributed by atoms with Crippen LogP contribution in [-0.2, 0) is 9.53 Å². The van der Waals surface area contributed by atoms with Crippen LogP contribution in [0.1, 0.15) is 40.9 Å². The van der Waals surface area contributed by atoms with Gasteiger partial charge in [-0.15, -0.1) is 0 Å². The molecular weight excluding hydrogens is 326 g/mol. The summed E-state index contributed by atoms with van der Waals surface area (Å²) in [6, 6.07) is 13.9. The quantitative estimate of drug-likeness (QED) is 0.803. The van der Waals surface area contributed by atoms with Gasteiger partial charge in [0.15, 0.2) is 0 Å². The third-order valence-corrected chi connectivity index (χ3v) is 4.00. The standard InChI is InChI=1S/C19H20ClNO3/c1-3-24-18(22)12-17(15-10-6-7-11-16(15)20)21-19(23)14-9-5-4-8-13(14)2/h4-11,17H,3,12H2,1-2H3,(H,21,23)/t17-/m1/s1. The van der Waals surface area contributed by atoms with Crippen LogP contribution in [0.15, 0.2) is 48.5 Å². The first-order valence-electron chi connectivity index (χ1n) is 7.79. The number of benzene rings is 2. The Morgan fingerprint density at radius 1 is 1.12 bits per heavy atom. The van der Waals surface area contributed by atoms with Crippen LogP contribution in [0.4, 0.5) is 0 Å². The molecule has 5 heteroatoms. The van der Waals surface area contributed by atoms with Crippen molar-refractivity contribution in [3.8, 4) is 0 Å². The number of rotatable bonds is 6. The maximum absolute atomic E-state index is 12.6. The topological polar surface area (TPSA) is 55.4 Å². The summed E-state index contributed by atoms with van der Waals surface area (Å²) < 4.78 is 5.01. The minimum atomic E-state index is -0.551. The molecule has 1 N–H and O–H groups in total. The van der Waals surface area contributed by atoms with Crippen LogP contribution < -0.4 is 5.32 Å². The van der Waals surface area contributed by atoms with Crippen LogP contribution >= 0.6 is 11.6 Å². The molecule has 4 nitrogen and oxygen atoms in total. The average Bonchev–Trinajstić information content (AvgIpc) is 2.55. The molecule has 126 valence electrons. The minimum Gasteiger partial charge on any atom is -0.466 e. The smallest absolute Gasteiger partial charge is 0.308 e. The van der Waals surface area contributed by atoms with Gasteiger partial charge in [0, 0.05) is 10.6 Å². The lowest BCUT2D eigenvalue weighted by atomic mass is 10.0. The van der Waals surface area contributed by atoms with Gasteiger partial charge >= 0.3 is 5.97 Å². The molecule has 0 fully saturated rings. The van der Waals surface area contributed by atoms with Gasteiger partial charge in [0.2, 0.25) is 0 Å². The first kappa shape index (κ1) is 18.0. The summed E-state index contributed by atoms with van der Waals surface area (Å²) in [4.78, 5) is 24.5. The summed E-state index contributed by atoms with van der Waals surface area (Å²) in [6.45, 7) is 3.90. The fourth-order valence-electron chi connectivity index (χ4n) is 2.45. The van der Waals surface area contributed by atoms with Crippen molar-refractivity contribution in [2.45, 2.75) is 26.3 Å². The molecule has 0 aromatic heterocycles. The van der Waals surface area contributed by atoms with E-state index in [1.807, 2.05) is 25.1 Å². The van der Waals surface area contributed by atoms with Crippen molar-refractivity contribution >= 4 is 23.5 Å². The highest BCUT2D eigenvalue weighted by Crippen LogP contribution is 2.26. The largest absolute Gasteiger partial charge is 0.466 e. The Morgan fingerprint density at radius 2 is 1.79 bits per heavy atom. The Bertz CT molecular complexity index is 730. The van der Waals surface area contributed by atoms with Gasteiger partial charge in [-0.2, -0.15) is 0 Å². The van der Waals surface area contributed by atoms with Gasteiger partial charge in [-0.3, -0.25) is 9.59 Å². The molecule has 0 saturated carbocycles. The molecule has 0 saturated heterocycles. The van der Waals surface area contributed by atoms with Gasteiger partial charge in [-0.1, -0.05) is 48.0 Å². The molecule has 0 radical (unpaired) electrons. The lowest BCUT2D eigenvalue weighted by molar-refractivity contribution is -0.143. The molecule has 0 aliphatic heterocycles. The second kappa shape index (κ2) is 8.50. The summed E-state index contributed by atoms with van der Waals surface area (Å²) in [7, 11) is 0. The fourth-order valence-corrected chi connectivity index (χ4v) is 2.71. The molecule has 1 atom stereocenters.